The number of nitrogens with zero attached hydrogens (tertiary/aromatic N) is 3. The molecule has 1 aromatic rings. The van der Waals surface area contributed by atoms with Crippen LogP contribution in [0.1, 0.15) is 38.7 Å². The Hall–Kier alpha value is -1.59. The lowest BCUT2D eigenvalue weighted by Gasteiger charge is -2.28. The van der Waals surface area contributed by atoms with Crippen molar-refractivity contribution in [3.8, 4) is 0 Å². The molecule has 0 aliphatic carbocycles. The summed E-state index contributed by atoms with van der Waals surface area (Å²) in [4.78, 5) is 9.66. The lowest BCUT2D eigenvalue weighted by atomic mass is 9.97. The molecule has 0 bridgehead atoms. The molecule has 1 heterocycles. The van der Waals surface area contributed by atoms with Crippen molar-refractivity contribution >= 4 is 5.96 Å². The molecule has 2 N–H and O–H groups in total. The number of piperidine rings is 1. The van der Waals surface area contributed by atoms with Gasteiger partial charge in [-0.3, -0.25) is 9.89 Å². The van der Waals surface area contributed by atoms with E-state index in [4.69, 9.17) is 4.99 Å². The zero-order valence-corrected chi connectivity index (χ0v) is 17.7. The summed E-state index contributed by atoms with van der Waals surface area (Å²) in [7, 11) is 4.41. The first-order valence-corrected chi connectivity index (χ1v) is 10.5. The Balaban J connectivity index is 1.71. The van der Waals surface area contributed by atoms with Crippen molar-refractivity contribution in [3.05, 3.63) is 35.9 Å². The van der Waals surface area contributed by atoms with Crippen LogP contribution in [-0.2, 0) is 6.54 Å². The molecule has 0 aromatic heterocycles. The third kappa shape index (κ3) is 8.31. The van der Waals surface area contributed by atoms with Crippen molar-refractivity contribution in [2.75, 3.05) is 46.8 Å². The minimum atomic E-state index is 0.523. The van der Waals surface area contributed by atoms with E-state index in [1.54, 1.807) is 0 Å². The number of benzene rings is 1. The van der Waals surface area contributed by atoms with Crippen LogP contribution in [0.3, 0.4) is 0 Å². The van der Waals surface area contributed by atoms with E-state index in [2.05, 4.69) is 78.7 Å². The van der Waals surface area contributed by atoms with Crippen LogP contribution < -0.4 is 10.6 Å². The van der Waals surface area contributed by atoms with Gasteiger partial charge in [0.25, 0.3) is 0 Å². The zero-order chi connectivity index (χ0) is 19.5. The molecule has 27 heavy (non-hydrogen) atoms. The quantitative estimate of drug-likeness (QED) is 0.516. The number of hydrogen-bond acceptors (Lipinski definition) is 3. The van der Waals surface area contributed by atoms with Gasteiger partial charge in [0.2, 0.25) is 0 Å². The standard InChI is InChI=1S/C22H39N5/c1-5-23-22(25-17-20-12-15-26(3)16-13-20)24-14-11-19(2)27(4)18-21-9-7-6-8-10-21/h6-10,19-20H,5,11-18H2,1-4H3,(H2,23,24,25). The number of rotatable bonds is 9. The molecule has 1 aliphatic heterocycles. The maximum Gasteiger partial charge on any atom is 0.191 e. The van der Waals surface area contributed by atoms with Gasteiger partial charge in [-0.2, -0.15) is 0 Å². The number of hydrogen-bond donors (Lipinski definition) is 2. The molecular formula is C22H39N5. The Bertz CT molecular complexity index is 537. The van der Waals surface area contributed by atoms with Gasteiger partial charge in [-0.25, -0.2) is 0 Å². The largest absolute Gasteiger partial charge is 0.357 e. The van der Waals surface area contributed by atoms with Crippen LogP contribution in [0.5, 0.6) is 0 Å². The van der Waals surface area contributed by atoms with Crippen LogP contribution in [0.15, 0.2) is 35.3 Å². The molecule has 2 rings (SSSR count). The molecule has 1 fully saturated rings. The number of likely N-dealkylation sites (tertiary alicyclic amines) is 1. The summed E-state index contributed by atoms with van der Waals surface area (Å²) >= 11 is 0. The van der Waals surface area contributed by atoms with Gasteiger partial charge in [-0.15, -0.1) is 0 Å². The van der Waals surface area contributed by atoms with E-state index in [0.29, 0.717) is 6.04 Å². The summed E-state index contributed by atoms with van der Waals surface area (Å²) in [5.74, 6) is 1.70. The molecule has 5 nitrogen and oxygen atoms in total. The molecule has 0 radical (unpaired) electrons. The third-order valence-electron chi connectivity index (χ3n) is 5.57. The van der Waals surface area contributed by atoms with Crippen LogP contribution in [0.4, 0.5) is 0 Å². The molecule has 1 atom stereocenters. The molecule has 5 heteroatoms. The van der Waals surface area contributed by atoms with Gasteiger partial charge in [0.05, 0.1) is 0 Å². The maximum absolute atomic E-state index is 4.83. The summed E-state index contributed by atoms with van der Waals surface area (Å²) in [6.45, 7) is 10.6. The first-order chi connectivity index (χ1) is 13.1. The van der Waals surface area contributed by atoms with Crippen molar-refractivity contribution in [2.45, 2.75) is 45.7 Å². The number of guanidine groups is 1. The molecule has 1 aromatic carbocycles. The topological polar surface area (TPSA) is 42.9 Å². The van der Waals surface area contributed by atoms with Gasteiger partial charge in [-0.1, -0.05) is 30.3 Å². The van der Waals surface area contributed by atoms with E-state index in [0.717, 1.165) is 44.5 Å². The van der Waals surface area contributed by atoms with E-state index < -0.39 is 0 Å². The Morgan fingerprint density at radius 2 is 1.93 bits per heavy atom. The Morgan fingerprint density at radius 1 is 1.22 bits per heavy atom. The third-order valence-corrected chi connectivity index (χ3v) is 5.57. The minimum Gasteiger partial charge on any atom is -0.357 e. The highest BCUT2D eigenvalue weighted by atomic mass is 15.2. The van der Waals surface area contributed by atoms with Crippen LogP contribution in [0, 0.1) is 5.92 Å². The lowest BCUT2D eigenvalue weighted by Crippen LogP contribution is -2.40. The molecule has 0 spiro atoms. The van der Waals surface area contributed by atoms with Gasteiger partial charge >= 0.3 is 0 Å². The summed E-state index contributed by atoms with van der Waals surface area (Å²) in [5.41, 5.74) is 1.37. The van der Waals surface area contributed by atoms with E-state index in [9.17, 15) is 0 Å². The Kier molecular flexibility index (Phi) is 9.64. The molecule has 1 aliphatic rings. The average molecular weight is 374 g/mol. The first kappa shape index (κ1) is 21.7. The summed E-state index contributed by atoms with van der Waals surface area (Å²) in [6, 6.07) is 11.2. The van der Waals surface area contributed by atoms with Gasteiger partial charge in [0.1, 0.15) is 0 Å². The number of aliphatic imine (C=N–C) groups is 1. The highest BCUT2D eigenvalue weighted by Crippen LogP contribution is 2.15. The van der Waals surface area contributed by atoms with E-state index >= 15 is 0 Å². The van der Waals surface area contributed by atoms with Crippen molar-refractivity contribution < 1.29 is 0 Å². The SMILES string of the molecule is CCNC(=NCC1CCN(C)CC1)NCCC(C)N(C)Cc1ccccc1. The van der Waals surface area contributed by atoms with Crippen molar-refractivity contribution in [1.82, 2.24) is 20.4 Å². The Morgan fingerprint density at radius 3 is 2.59 bits per heavy atom. The second-order valence-corrected chi connectivity index (χ2v) is 7.93. The number of nitrogens with one attached hydrogen (secondary N) is 2. The fourth-order valence-corrected chi connectivity index (χ4v) is 3.45. The highest BCUT2D eigenvalue weighted by Gasteiger charge is 2.16. The van der Waals surface area contributed by atoms with Gasteiger partial charge in [0.15, 0.2) is 5.96 Å². The molecular weight excluding hydrogens is 334 g/mol. The minimum absolute atomic E-state index is 0.523. The van der Waals surface area contributed by atoms with Crippen LogP contribution in [0.2, 0.25) is 0 Å². The monoisotopic (exact) mass is 373 g/mol. The summed E-state index contributed by atoms with van der Waals surface area (Å²) in [5, 5.41) is 6.91. The van der Waals surface area contributed by atoms with Crippen LogP contribution in [-0.4, -0.2) is 68.6 Å². The molecule has 152 valence electrons. The smallest absolute Gasteiger partial charge is 0.191 e. The normalized spacial score (nSPS) is 17.9. The average Bonchev–Trinajstić information content (AvgIpc) is 2.68. The van der Waals surface area contributed by atoms with Crippen LogP contribution >= 0.6 is 0 Å². The Labute approximate surface area is 166 Å². The van der Waals surface area contributed by atoms with Gasteiger partial charge in [0, 0.05) is 32.2 Å². The van der Waals surface area contributed by atoms with E-state index in [-0.39, 0.29) is 0 Å². The molecule has 0 saturated carbocycles. The van der Waals surface area contributed by atoms with E-state index in [1.807, 2.05) is 0 Å². The zero-order valence-electron chi connectivity index (χ0n) is 17.7. The predicted octanol–water partition coefficient (Wildman–Crippen LogP) is 2.79. The lowest BCUT2D eigenvalue weighted by molar-refractivity contribution is 0.223. The molecule has 0 amide bonds. The fourth-order valence-electron chi connectivity index (χ4n) is 3.45. The van der Waals surface area contributed by atoms with Gasteiger partial charge in [-0.05, 0) is 71.8 Å². The summed E-state index contributed by atoms with van der Waals surface area (Å²) in [6.07, 6.45) is 3.63. The second kappa shape index (κ2) is 12.0. The maximum atomic E-state index is 4.83. The molecule has 1 unspecified atom stereocenters. The van der Waals surface area contributed by atoms with Crippen LogP contribution in [0.25, 0.3) is 0 Å². The highest BCUT2D eigenvalue weighted by molar-refractivity contribution is 5.79. The summed E-state index contributed by atoms with van der Waals surface area (Å²) < 4.78 is 0. The van der Waals surface area contributed by atoms with Gasteiger partial charge < -0.3 is 15.5 Å². The van der Waals surface area contributed by atoms with Crippen molar-refractivity contribution in [3.63, 3.8) is 0 Å². The first-order valence-electron chi connectivity index (χ1n) is 10.5. The fraction of sp³-hybridized carbons (Fsp3) is 0.682. The van der Waals surface area contributed by atoms with E-state index in [1.165, 1.54) is 31.5 Å². The van der Waals surface area contributed by atoms with Crippen molar-refractivity contribution in [2.24, 2.45) is 10.9 Å². The van der Waals surface area contributed by atoms with Crippen molar-refractivity contribution in [1.29, 1.82) is 0 Å². The molecule has 1 saturated heterocycles. The predicted molar refractivity (Wildman–Crippen MR) is 116 cm³/mol. The second-order valence-electron chi connectivity index (χ2n) is 7.93.